The van der Waals surface area contributed by atoms with E-state index in [9.17, 15) is 14.0 Å². The van der Waals surface area contributed by atoms with Crippen LogP contribution >= 0.6 is 0 Å². The number of nitrogens with zero attached hydrogens (tertiary/aromatic N) is 1. The van der Waals surface area contributed by atoms with Gasteiger partial charge in [-0.2, -0.15) is 0 Å². The van der Waals surface area contributed by atoms with E-state index < -0.39 is 18.7 Å². The molecule has 0 aromatic heterocycles. The van der Waals surface area contributed by atoms with Crippen molar-refractivity contribution in [2.45, 2.75) is 33.4 Å². The van der Waals surface area contributed by atoms with E-state index in [0.29, 0.717) is 12.0 Å². The molecule has 0 bridgehead atoms. The Hall–Kier alpha value is -1.91. The van der Waals surface area contributed by atoms with Crippen molar-refractivity contribution in [3.05, 3.63) is 35.4 Å². The maximum absolute atomic E-state index is 12.9. The fraction of sp³-hybridized carbons (Fsp3) is 0.500. The number of carboxylic acids is 1. The lowest BCUT2D eigenvalue weighted by molar-refractivity contribution is -0.137. The summed E-state index contributed by atoms with van der Waals surface area (Å²) in [4.78, 5) is 24.2. The van der Waals surface area contributed by atoms with Gasteiger partial charge in [0.25, 0.3) is 5.91 Å². The summed E-state index contributed by atoms with van der Waals surface area (Å²) in [6.07, 6.45) is -0.487. The number of rotatable bonds is 5. The van der Waals surface area contributed by atoms with Gasteiger partial charge in [-0.3, -0.25) is 9.59 Å². The Morgan fingerprint density at radius 1 is 1.29 bits per heavy atom. The van der Waals surface area contributed by atoms with E-state index in [1.165, 1.54) is 4.90 Å². The van der Waals surface area contributed by atoms with Gasteiger partial charge in [0.05, 0.1) is 0 Å². The second-order valence-corrected chi connectivity index (χ2v) is 4.96. The van der Waals surface area contributed by atoms with Gasteiger partial charge >= 0.3 is 5.97 Å². The SMILES string of the molecule is CC.Cc1ccc(C(=O)N(CC(=O)O)CC2CC2F)cc1. The second-order valence-electron chi connectivity index (χ2n) is 4.96. The monoisotopic (exact) mass is 295 g/mol. The van der Waals surface area contributed by atoms with E-state index in [1.54, 1.807) is 24.3 Å². The molecule has 116 valence electrons. The molecule has 0 saturated heterocycles. The van der Waals surface area contributed by atoms with Gasteiger partial charge in [0, 0.05) is 18.0 Å². The number of alkyl halides is 1. The van der Waals surface area contributed by atoms with E-state index in [2.05, 4.69) is 0 Å². The first-order valence-electron chi connectivity index (χ1n) is 7.19. The smallest absolute Gasteiger partial charge is 0.323 e. The van der Waals surface area contributed by atoms with Crippen LogP contribution in [-0.2, 0) is 4.79 Å². The number of carbonyl (C=O) groups is 2. The molecule has 2 atom stereocenters. The van der Waals surface area contributed by atoms with Crippen molar-refractivity contribution in [1.82, 2.24) is 4.90 Å². The number of aryl methyl sites for hydroxylation is 1. The standard InChI is InChI=1S/C14H16FNO3.C2H6/c1-9-2-4-10(5-3-9)14(19)16(8-13(17)18)7-11-6-12(11)15;1-2/h2-5,11-12H,6-8H2,1H3,(H,17,18);1-2H3. The largest absolute Gasteiger partial charge is 0.480 e. The molecule has 0 heterocycles. The van der Waals surface area contributed by atoms with Crippen LogP contribution in [0.4, 0.5) is 4.39 Å². The predicted molar refractivity (Wildman–Crippen MR) is 79.1 cm³/mol. The number of carbonyl (C=O) groups excluding carboxylic acids is 1. The Balaban J connectivity index is 0.00000106. The van der Waals surface area contributed by atoms with E-state index in [4.69, 9.17) is 5.11 Å². The summed E-state index contributed by atoms with van der Waals surface area (Å²) in [6, 6.07) is 6.90. The lowest BCUT2D eigenvalue weighted by Gasteiger charge is -2.20. The molecule has 21 heavy (non-hydrogen) atoms. The Morgan fingerprint density at radius 3 is 2.24 bits per heavy atom. The van der Waals surface area contributed by atoms with Gasteiger partial charge in [-0.15, -0.1) is 0 Å². The molecule has 0 radical (unpaired) electrons. The zero-order valence-electron chi connectivity index (χ0n) is 12.7. The van der Waals surface area contributed by atoms with E-state index in [-0.39, 0.29) is 18.4 Å². The molecule has 1 N–H and O–H groups in total. The van der Waals surface area contributed by atoms with Gasteiger partial charge in [0.1, 0.15) is 12.7 Å². The highest BCUT2D eigenvalue weighted by atomic mass is 19.1. The topological polar surface area (TPSA) is 57.6 Å². The maximum Gasteiger partial charge on any atom is 0.323 e. The number of benzene rings is 1. The molecule has 1 aromatic carbocycles. The van der Waals surface area contributed by atoms with Crippen LogP contribution in [0, 0.1) is 12.8 Å². The first-order valence-corrected chi connectivity index (χ1v) is 7.19. The molecule has 5 heteroatoms. The molecule has 1 amide bonds. The zero-order chi connectivity index (χ0) is 16.0. The molecule has 2 rings (SSSR count). The highest BCUT2D eigenvalue weighted by Gasteiger charge is 2.39. The number of aliphatic carboxylic acids is 1. The summed E-state index contributed by atoms with van der Waals surface area (Å²) in [7, 11) is 0. The molecular weight excluding hydrogens is 273 g/mol. The second kappa shape index (κ2) is 7.76. The number of amides is 1. The number of carboxylic acid groups (broad SMARTS) is 1. The van der Waals surface area contributed by atoms with Crippen LogP contribution in [0.3, 0.4) is 0 Å². The Labute approximate surface area is 124 Å². The maximum atomic E-state index is 12.9. The molecular formula is C16H22FNO3. The van der Waals surface area contributed by atoms with Crippen molar-refractivity contribution in [2.75, 3.05) is 13.1 Å². The Bertz CT molecular complexity index is 487. The normalized spacial score (nSPS) is 19.2. The lowest BCUT2D eigenvalue weighted by atomic mass is 10.1. The van der Waals surface area contributed by atoms with E-state index in [0.717, 1.165) is 5.56 Å². The van der Waals surface area contributed by atoms with Gasteiger partial charge in [-0.1, -0.05) is 31.5 Å². The first kappa shape index (κ1) is 17.1. The summed E-state index contributed by atoms with van der Waals surface area (Å²) in [5, 5.41) is 8.84. The minimum atomic E-state index is -1.09. The van der Waals surface area contributed by atoms with Crippen molar-refractivity contribution in [1.29, 1.82) is 0 Å². The highest BCUT2D eigenvalue weighted by molar-refractivity contribution is 5.95. The molecule has 0 spiro atoms. The lowest BCUT2D eigenvalue weighted by Crippen LogP contribution is -2.37. The molecule has 1 aliphatic rings. The fourth-order valence-electron chi connectivity index (χ4n) is 1.94. The summed E-state index contributed by atoms with van der Waals surface area (Å²) in [6.45, 7) is 5.68. The highest BCUT2D eigenvalue weighted by Crippen LogP contribution is 2.34. The van der Waals surface area contributed by atoms with Gasteiger partial charge in [0.15, 0.2) is 0 Å². The van der Waals surface area contributed by atoms with Crippen LogP contribution in [0.5, 0.6) is 0 Å². The molecule has 1 aromatic rings. The molecule has 1 aliphatic carbocycles. The van der Waals surface area contributed by atoms with Crippen LogP contribution in [0.25, 0.3) is 0 Å². The van der Waals surface area contributed by atoms with Crippen molar-refractivity contribution in [2.24, 2.45) is 5.92 Å². The third kappa shape index (κ3) is 5.17. The minimum Gasteiger partial charge on any atom is -0.480 e. The quantitative estimate of drug-likeness (QED) is 0.908. The summed E-state index contributed by atoms with van der Waals surface area (Å²) >= 11 is 0. The third-order valence-electron chi connectivity index (χ3n) is 3.20. The van der Waals surface area contributed by atoms with Crippen molar-refractivity contribution >= 4 is 11.9 Å². The molecule has 1 saturated carbocycles. The van der Waals surface area contributed by atoms with Gasteiger partial charge in [0.2, 0.25) is 0 Å². The molecule has 4 nitrogen and oxygen atoms in total. The van der Waals surface area contributed by atoms with Crippen LogP contribution in [-0.4, -0.2) is 41.1 Å². The van der Waals surface area contributed by atoms with Crippen molar-refractivity contribution in [3.8, 4) is 0 Å². The minimum absolute atomic E-state index is 0.167. The predicted octanol–water partition coefficient (Wildman–Crippen LogP) is 2.91. The Morgan fingerprint density at radius 2 is 1.81 bits per heavy atom. The average molecular weight is 295 g/mol. The van der Waals surface area contributed by atoms with Crippen molar-refractivity contribution in [3.63, 3.8) is 0 Å². The zero-order valence-corrected chi connectivity index (χ0v) is 12.7. The Kier molecular flexibility index (Phi) is 6.34. The van der Waals surface area contributed by atoms with Crippen LogP contribution < -0.4 is 0 Å². The van der Waals surface area contributed by atoms with Gasteiger partial charge in [-0.05, 0) is 25.5 Å². The first-order chi connectivity index (χ1) is 9.97. The summed E-state index contributed by atoms with van der Waals surface area (Å²) in [5.41, 5.74) is 1.45. The molecule has 1 fully saturated rings. The molecule has 0 aliphatic heterocycles. The average Bonchev–Trinajstić information content (AvgIpc) is 3.15. The van der Waals surface area contributed by atoms with Gasteiger partial charge in [-0.25, -0.2) is 4.39 Å². The van der Waals surface area contributed by atoms with E-state index >= 15 is 0 Å². The van der Waals surface area contributed by atoms with E-state index in [1.807, 2.05) is 20.8 Å². The van der Waals surface area contributed by atoms with Crippen LogP contribution in [0.1, 0.15) is 36.2 Å². The summed E-state index contributed by atoms with van der Waals surface area (Å²) < 4.78 is 12.9. The third-order valence-corrected chi connectivity index (χ3v) is 3.20. The fourth-order valence-corrected chi connectivity index (χ4v) is 1.94. The number of halogens is 1. The van der Waals surface area contributed by atoms with Crippen LogP contribution in [0.2, 0.25) is 0 Å². The van der Waals surface area contributed by atoms with Crippen molar-refractivity contribution < 1.29 is 19.1 Å². The number of hydrogen-bond acceptors (Lipinski definition) is 2. The molecule has 2 unspecified atom stereocenters. The summed E-state index contributed by atoms with van der Waals surface area (Å²) in [5.74, 6) is -1.66. The van der Waals surface area contributed by atoms with Crippen LogP contribution in [0.15, 0.2) is 24.3 Å². The van der Waals surface area contributed by atoms with Gasteiger partial charge < -0.3 is 10.0 Å². The number of hydrogen-bond donors (Lipinski definition) is 1.